The molecule has 2 rings (SSSR count). The van der Waals surface area contributed by atoms with E-state index in [4.69, 9.17) is 0 Å². The summed E-state index contributed by atoms with van der Waals surface area (Å²) in [6, 6.07) is 8.24. The van der Waals surface area contributed by atoms with E-state index in [0.717, 1.165) is 16.6 Å². The molecule has 2 atom stereocenters. The SMILES string of the molecule is C[C@H](CN[C@H](CO)c1cnn(C)c1)c1cccc(Br)c1. The van der Waals surface area contributed by atoms with Gasteiger partial charge in [0, 0.05) is 29.8 Å². The van der Waals surface area contributed by atoms with Gasteiger partial charge in [0.05, 0.1) is 18.8 Å². The third-order valence-electron chi connectivity index (χ3n) is 3.40. The summed E-state index contributed by atoms with van der Waals surface area (Å²) >= 11 is 3.49. The highest BCUT2D eigenvalue weighted by Crippen LogP contribution is 2.20. The predicted octanol–water partition coefficient (Wildman–Crippen LogP) is 2.61. The van der Waals surface area contributed by atoms with Crippen molar-refractivity contribution in [3.63, 3.8) is 0 Å². The number of nitrogens with one attached hydrogen (secondary N) is 1. The van der Waals surface area contributed by atoms with E-state index >= 15 is 0 Å². The number of aryl methyl sites for hydroxylation is 1. The van der Waals surface area contributed by atoms with Gasteiger partial charge in [-0.1, -0.05) is 35.0 Å². The second kappa shape index (κ2) is 7.02. The summed E-state index contributed by atoms with van der Waals surface area (Å²) in [7, 11) is 1.88. The fourth-order valence-corrected chi connectivity index (χ4v) is 2.57. The van der Waals surface area contributed by atoms with Crippen molar-refractivity contribution in [3.8, 4) is 0 Å². The summed E-state index contributed by atoms with van der Waals surface area (Å²) in [5.74, 6) is 0.373. The molecule has 1 aromatic heterocycles. The van der Waals surface area contributed by atoms with Crippen LogP contribution in [0.25, 0.3) is 0 Å². The Morgan fingerprint density at radius 1 is 1.40 bits per heavy atom. The van der Waals surface area contributed by atoms with Crippen LogP contribution in [0.4, 0.5) is 0 Å². The Labute approximate surface area is 127 Å². The van der Waals surface area contributed by atoms with Gasteiger partial charge in [0.15, 0.2) is 0 Å². The highest BCUT2D eigenvalue weighted by atomic mass is 79.9. The van der Waals surface area contributed by atoms with E-state index in [1.807, 2.05) is 25.4 Å². The van der Waals surface area contributed by atoms with Crippen molar-refractivity contribution in [1.29, 1.82) is 0 Å². The molecule has 0 amide bonds. The fraction of sp³-hybridized carbons (Fsp3) is 0.400. The lowest BCUT2D eigenvalue weighted by molar-refractivity contribution is 0.243. The van der Waals surface area contributed by atoms with Crippen molar-refractivity contribution in [3.05, 3.63) is 52.3 Å². The Hall–Kier alpha value is -1.17. The molecule has 20 heavy (non-hydrogen) atoms. The zero-order valence-electron chi connectivity index (χ0n) is 11.8. The Morgan fingerprint density at radius 3 is 2.80 bits per heavy atom. The number of nitrogens with zero attached hydrogens (tertiary/aromatic N) is 2. The largest absolute Gasteiger partial charge is 0.394 e. The molecule has 0 aliphatic carbocycles. The Kier molecular flexibility index (Phi) is 5.34. The fourth-order valence-electron chi connectivity index (χ4n) is 2.16. The molecule has 0 aliphatic heterocycles. The Morgan fingerprint density at radius 2 is 2.20 bits per heavy atom. The second-order valence-corrected chi connectivity index (χ2v) is 5.96. The minimum Gasteiger partial charge on any atom is -0.394 e. The van der Waals surface area contributed by atoms with Gasteiger partial charge in [0.25, 0.3) is 0 Å². The zero-order valence-corrected chi connectivity index (χ0v) is 13.3. The molecule has 1 heterocycles. The lowest BCUT2D eigenvalue weighted by Crippen LogP contribution is -2.27. The molecule has 2 N–H and O–H groups in total. The summed E-state index contributed by atoms with van der Waals surface area (Å²) in [5, 5.41) is 17.0. The van der Waals surface area contributed by atoms with Crippen molar-refractivity contribution < 1.29 is 5.11 Å². The third kappa shape index (κ3) is 3.91. The maximum absolute atomic E-state index is 9.51. The molecule has 4 nitrogen and oxygen atoms in total. The zero-order chi connectivity index (χ0) is 14.5. The van der Waals surface area contributed by atoms with Gasteiger partial charge in [-0.2, -0.15) is 5.10 Å². The molecule has 0 unspecified atom stereocenters. The van der Waals surface area contributed by atoms with Crippen LogP contribution in [0.3, 0.4) is 0 Å². The summed E-state index contributed by atoms with van der Waals surface area (Å²) in [5.41, 5.74) is 2.28. The first-order chi connectivity index (χ1) is 9.60. The summed E-state index contributed by atoms with van der Waals surface area (Å²) < 4.78 is 2.84. The summed E-state index contributed by atoms with van der Waals surface area (Å²) in [6.07, 6.45) is 3.72. The number of aliphatic hydroxyl groups excluding tert-OH is 1. The topological polar surface area (TPSA) is 50.1 Å². The van der Waals surface area contributed by atoms with Crippen LogP contribution in [-0.2, 0) is 7.05 Å². The summed E-state index contributed by atoms with van der Waals surface area (Å²) in [6.45, 7) is 3.04. The summed E-state index contributed by atoms with van der Waals surface area (Å²) in [4.78, 5) is 0. The van der Waals surface area contributed by atoms with Crippen LogP contribution < -0.4 is 5.32 Å². The Bertz CT molecular complexity index is 556. The number of aliphatic hydroxyl groups is 1. The van der Waals surface area contributed by atoms with E-state index in [-0.39, 0.29) is 12.6 Å². The number of rotatable bonds is 6. The molecule has 2 aromatic rings. The second-order valence-electron chi connectivity index (χ2n) is 5.05. The highest BCUT2D eigenvalue weighted by Gasteiger charge is 2.14. The van der Waals surface area contributed by atoms with Crippen LogP contribution in [-0.4, -0.2) is 28.0 Å². The molecule has 0 saturated carbocycles. The number of hydrogen-bond donors (Lipinski definition) is 2. The van der Waals surface area contributed by atoms with Crippen LogP contribution in [0, 0.1) is 0 Å². The van der Waals surface area contributed by atoms with Crippen molar-refractivity contribution in [1.82, 2.24) is 15.1 Å². The monoisotopic (exact) mass is 337 g/mol. The van der Waals surface area contributed by atoms with Gasteiger partial charge in [-0.15, -0.1) is 0 Å². The minimum absolute atomic E-state index is 0.0664. The van der Waals surface area contributed by atoms with Crippen LogP contribution in [0.2, 0.25) is 0 Å². The maximum atomic E-state index is 9.51. The average molecular weight is 338 g/mol. The quantitative estimate of drug-likeness (QED) is 0.851. The molecule has 0 spiro atoms. The normalized spacial score (nSPS) is 14.2. The highest BCUT2D eigenvalue weighted by molar-refractivity contribution is 9.10. The van der Waals surface area contributed by atoms with E-state index < -0.39 is 0 Å². The van der Waals surface area contributed by atoms with Gasteiger partial charge in [0.2, 0.25) is 0 Å². The molecule has 0 radical (unpaired) electrons. The predicted molar refractivity (Wildman–Crippen MR) is 83.6 cm³/mol. The minimum atomic E-state index is -0.0710. The first kappa shape index (κ1) is 15.2. The van der Waals surface area contributed by atoms with E-state index in [0.29, 0.717) is 5.92 Å². The lowest BCUT2D eigenvalue weighted by atomic mass is 10.0. The number of aromatic nitrogens is 2. The molecule has 108 valence electrons. The van der Waals surface area contributed by atoms with Crippen LogP contribution in [0.15, 0.2) is 41.1 Å². The van der Waals surface area contributed by atoms with Crippen molar-refractivity contribution in [2.75, 3.05) is 13.2 Å². The van der Waals surface area contributed by atoms with Gasteiger partial charge in [-0.25, -0.2) is 0 Å². The lowest BCUT2D eigenvalue weighted by Gasteiger charge is -2.19. The molecule has 0 aliphatic rings. The van der Waals surface area contributed by atoms with Crippen LogP contribution in [0.1, 0.15) is 30.0 Å². The number of hydrogen-bond acceptors (Lipinski definition) is 3. The van der Waals surface area contributed by atoms with Crippen molar-refractivity contribution >= 4 is 15.9 Å². The van der Waals surface area contributed by atoms with Gasteiger partial charge in [-0.05, 0) is 23.6 Å². The van der Waals surface area contributed by atoms with Gasteiger partial charge in [-0.3, -0.25) is 4.68 Å². The first-order valence-corrected chi connectivity index (χ1v) is 7.47. The van der Waals surface area contributed by atoms with Gasteiger partial charge >= 0.3 is 0 Å². The van der Waals surface area contributed by atoms with E-state index in [9.17, 15) is 5.11 Å². The molecule has 0 fully saturated rings. The molecular formula is C15H20BrN3O. The molecule has 1 aromatic carbocycles. The smallest absolute Gasteiger partial charge is 0.0627 e. The van der Waals surface area contributed by atoms with Gasteiger partial charge in [0.1, 0.15) is 0 Å². The van der Waals surface area contributed by atoms with Crippen LogP contribution >= 0.6 is 15.9 Å². The van der Waals surface area contributed by atoms with Crippen molar-refractivity contribution in [2.24, 2.45) is 7.05 Å². The standard InChI is InChI=1S/C15H20BrN3O/c1-11(12-4-3-5-14(16)6-12)7-17-15(10-20)13-8-18-19(2)9-13/h3-6,8-9,11,15,17,20H,7,10H2,1-2H3/t11-,15-/m1/s1. The van der Waals surface area contributed by atoms with E-state index in [1.165, 1.54) is 5.56 Å². The van der Waals surface area contributed by atoms with E-state index in [1.54, 1.807) is 10.9 Å². The Balaban J connectivity index is 1.96. The van der Waals surface area contributed by atoms with E-state index in [2.05, 4.69) is 45.4 Å². The number of benzene rings is 1. The molecule has 5 heteroatoms. The van der Waals surface area contributed by atoms with Gasteiger partial charge < -0.3 is 10.4 Å². The third-order valence-corrected chi connectivity index (χ3v) is 3.89. The number of halogens is 1. The average Bonchev–Trinajstić information content (AvgIpc) is 2.86. The molecule has 0 saturated heterocycles. The van der Waals surface area contributed by atoms with Crippen LogP contribution in [0.5, 0.6) is 0 Å². The molecular weight excluding hydrogens is 318 g/mol. The first-order valence-electron chi connectivity index (χ1n) is 6.68. The molecule has 0 bridgehead atoms. The van der Waals surface area contributed by atoms with Crippen molar-refractivity contribution in [2.45, 2.75) is 18.9 Å². The maximum Gasteiger partial charge on any atom is 0.0627 e.